The van der Waals surface area contributed by atoms with Crippen molar-refractivity contribution in [3.63, 3.8) is 0 Å². The van der Waals surface area contributed by atoms with Gasteiger partial charge in [-0.1, -0.05) is 19.0 Å². The molecule has 4 N–H and O–H groups in total. The number of nitrogens with zero attached hydrogens (tertiary/aromatic N) is 1. The molecule has 17 heavy (non-hydrogen) atoms. The van der Waals surface area contributed by atoms with Gasteiger partial charge in [0.25, 0.3) is 0 Å². The van der Waals surface area contributed by atoms with Gasteiger partial charge in [0.1, 0.15) is 5.84 Å². The predicted molar refractivity (Wildman–Crippen MR) is 68.3 cm³/mol. The Balaban J connectivity index is 2.14. The summed E-state index contributed by atoms with van der Waals surface area (Å²) in [4.78, 5) is 0. The summed E-state index contributed by atoms with van der Waals surface area (Å²) >= 11 is 0. The highest BCUT2D eigenvalue weighted by atomic mass is 16.5. The van der Waals surface area contributed by atoms with Crippen molar-refractivity contribution in [2.75, 3.05) is 19.8 Å². The van der Waals surface area contributed by atoms with Gasteiger partial charge < -0.3 is 21.0 Å². The Morgan fingerprint density at radius 3 is 2.71 bits per heavy atom. The SMILES string of the molecule is CC(C)(CCCNC1CCOCC1)C(N)=NO. The Morgan fingerprint density at radius 2 is 2.12 bits per heavy atom. The van der Waals surface area contributed by atoms with Crippen LogP contribution >= 0.6 is 0 Å². The molecule has 1 aliphatic rings. The Kier molecular flexibility index (Phi) is 5.71. The van der Waals surface area contributed by atoms with Crippen LogP contribution in [0.3, 0.4) is 0 Å². The van der Waals surface area contributed by atoms with E-state index in [4.69, 9.17) is 15.7 Å². The molecule has 5 heteroatoms. The molecular formula is C12H25N3O2. The zero-order valence-corrected chi connectivity index (χ0v) is 10.9. The van der Waals surface area contributed by atoms with Gasteiger partial charge in [-0.2, -0.15) is 0 Å². The molecule has 100 valence electrons. The van der Waals surface area contributed by atoms with E-state index in [2.05, 4.69) is 10.5 Å². The molecule has 0 radical (unpaired) electrons. The molecular weight excluding hydrogens is 218 g/mol. The molecule has 0 atom stereocenters. The van der Waals surface area contributed by atoms with Gasteiger partial charge in [0.15, 0.2) is 0 Å². The Labute approximate surface area is 103 Å². The molecule has 0 aromatic carbocycles. The van der Waals surface area contributed by atoms with E-state index in [9.17, 15) is 0 Å². The fourth-order valence-electron chi connectivity index (χ4n) is 2.00. The van der Waals surface area contributed by atoms with Crippen molar-refractivity contribution >= 4 is 5.84 Å². The number of nitrogens with two attached hydrogens (primary N) is 1. The zero-order valence-electron chi connectivity index (χ0n) is 10.9. The van der Waals surface area contributed by atoms with Gasteiger partial charge in [-0.25, -0.2) is 0 Å². The molecule has 0 aromatic heterocycles. The molecule has 0 aromatic rings. The Hall–Kier alpha value is -0.810. The van der Waals surface area contributed by atoms with E-state index >= 15 is 0 Å². The van der Waals surface area contributed by atoms with E-state index in [0.29, 0.717) is 11.9 Å². The van der Waals surface area contributed by atoms with Crippen molar-refractivity contribution in [1.29, 1.82) is 0 Å². The van der Waals surface area contributed by atoms with Gasteiger partial charge in [-0.15, -0.1) is 0 Å². The molecule has 0 saturated carbocycles. The summed E-state index contributed by atoms with van der Waals surface area (Å²) in [6.07, 6.45) is 4.15. The molecule has 0 spiro atoms. The number of hydrogen-bond acceptors (Lipinski definition) is 4. The van der Waals surface area contributed by atoms with E-state index in [-0.39, 0.29) is 5.41 Å². The molecule has 0 aliphatic carbocycles. The number of hydrogen-bond donors (Lipinski definition) is 3. The van der Waals surface area contributed by atoms with Gasteiger partial charge >= 0.3 is 0 Å². The molecule has 0 unspecified atom stereocenters. The van der Waals surface area contributed by atoms with Crippen molar-refractivity contribution in [3.05, 3.63) is 0 Å². The molecule has 0 amide bonds. The van der Waals surface area contributed by atoms with Gasteiger partial charge in [-0.3, -0.25) is 0 Å². The highest BCUT2D eigenvalue weighted by molar-refractivity contribution is 5.85. The third kappa shape index (κ3) is 4.91. The molecule has 1 heterocycles. The lowest BCUT2D eigenvalue weighted by Crippen LogP contribution is -2.37. The fourth-order valence-corrected chi connectivity index (χ4v) is 2.00. The topological polar surface area (TPSA) is 79.9 Å². The van der Waals surface area contributed by atoms with Crippen LogP contribution in [-0.4, -0.2) is 36.8 Å². The molecule has 1 rings (SSSR count). The van der Waals surface area contributed by atoms with Crippen LogP contribution in [0.2, 0.25) is 0 Å². The van der Waals surface area contributed by atoms with Crippen LogP contribution in [-0.2, 0) is 4.74 Å². The minimum absolute atomic E-state index is 0.230. The van der Waals surface area contributed by atoms with E-state index in [0.717, 1.165) is 45.4 Å². The van der Waals surface area contributed by atoms with Gasteiger partial charge in [0, 0.05) is 24.7 Å². The highest BCUT2D eigenvalue weighted by Crippen LogP contribution is 2.22. The summed E-state index contributed by atoms with van der Waals surface area (Å²) in [7, 11) is 0. The van der Waals surface area contributed by atoms with E-state index in [1.165, 1.54) is 0 Å². The van der Waals surface area contributed by atoms with Gasteiger partial charge in [0.05, 0.1) is 0 Å². The first kappa shape index (κ1) is 14.3. The number of nitrogens with one attached hydrogen (secondary N) is 1. The molecule has 5 nitrogen and oxygen atoms in total. The smallest absolute Gasteiger partial charge is 0.144 e. The summed E-state index contributed by atoms with van der Waals surface area (Å²) in [6, 6.07) is 0.593. The van der Waals surface area contributed by atoms with Crippen molar-refractivity contribution in [3.8, 4) is 0 Å². The van der Waals surface area contributed by atoms with Crippen LogP contribution < -0.4 is 11.1 Å². The number of rotatable bonds is 6. The Bertz CT molecular complexity index is 248. The third-order valence-corrected chi connectivity index (χ3v) is 3.43. The number of oxime groups is 1. The molecule has 1 saturated heterocycles. The van der Waals surface area contributed by atoms with Crippen LogP contribution in [0.1, 0.15) is 39.5 Å². The maximum atomic E-state index is 8.66. The van der Waals surface area contributed by atoms with E-state index < -0.39 is 0 Å². The van der Waals surface area contributed by atoms with Crippen LogP contribution in [0.15, 0.2) is 5.16 Å². The number of amidine groups is 1. The standard InChI is InChI=1S/C12H25N3O2/c1-12(2,11(13)15-16)6-3-7-14-10-4-8-17-9-5-10/h10,14,16H,3-9H2,1-2H3,(H2,13,15). The first-order chi connectivity index (χ1) is 8.06. The van der Waals surface area contributed by atoms with Crippen molar-refractivity contribution in [2.45, 2.75) is 45.6 Å². The highest BCUT2D eigenvalue weighted by Gasteiger charge is 2.23. The second-order valence-corrected chi connectivity index (χ2v) is 5.31. The van der Waals surface area contributed by atoms with Crippen LogP contribution in [0.4, 0.5) is 0 Å². The zero-order chi connectivity index (χ0) is 12.7. The second-order valence-electron chi connectivity index (χ2n) is 5.31. The second kappa shape index (κ2) is 6.81. The van der Waals surface area contributed by atoms with E-state index in [1.807, 2.05) is 13.8 Å². The quantitative estimate of drug-likeness (QED) is 0.216. The molecule has 1 fully saturated rings. The van der Waals surface area contributed by atoms with Gasteiger partial charge in [-0.05, 0) is 32.2 Å². The average molecular weight is 243 g/mol. The van der Waals surface area contributed by atoms with Crippen molar-refractivity contribution in [1.82, 2.24) is 5.32 Å². The Morgan fingerprint density at radius 1 is 1.47 bits per heavy atom. The largest absolute Gasteiger partial charge is 0.409 e. The normalized spacial score (nSPS) is 19.5. The minimum atomic E-state index is -0.230. The van der Waals surface area contributed by atoms with Crippen LogP contribution in [0.25, 0.3) is 0 Å². The number of ether oxygens (including phenoxy) is 1. The first-order valence-corrected chi connectivity index (χ1v) is 6.35. The maximum absolute atomic E-state index is 8.66. The summed E-state index contributed by atoms with van der Waals surface area (Å²) in [5, 5.41) is 15.3. The fraction of sp³-hybridized carbons (Fsp3) is 0.917. The minimum Gasteiger partial charge on any atom is -0.409 e. The van der Waals surface area contributed by atoms with Crippen LogP contribution in [0.5, 0.6) is 0 Å². The summed E-state index contributed by atoms with van der Waals surface area (Å²) < 4.78 is 5.31. The van der Waals surface area contributed by atoms with Crippen molar-refractivity contribution in [2.24, 2.45) is 16.3 Å². The van der Waals surface area contributed by atoms with E-state index in [1.54, 1.807) is 0 Å². The predicted octanol–water partition coefficient (Wildman–Crippen LogP) is 1.31. The lowest BCUT2D eigenvalue weighted by Gasteiger charge is -2.25. The summed E-state index contributed by atoms with van der Waals surface area (Å²) in [5.74, 6) is 0.309. The monoisotopic (exact) mass is 243 g/mol. The summed E-state index contributed by atoms with van der Waals surface area (Å²) in [5.41, 5.74) is 5.41. The lowest BCUT2D eigenvalue weighted by atomic mass is 9.86. The van der Waals surface area contributed by atoms with Crippen molar-refractivity contribution < 1.29 is 9.94 Å². The first-order valence-electron chi connectivity index (χ1n) is 6.35. The molecule has 1 aliphatic heterocycles. The molecule has 0 bridgehead atoms. The lowest BCUT2D eigenvalue weighted by molar-refractivity contribution is 0.0778. The average Bonchev–Trinajstić information content (AvgIpc) is 2.35. The van der Waals surface area contributed by atoms with Crippen LogP contribution in [0, 0.1) is 5.41 Å². The maximum Gasteiger partial charge on any atom is 0.144 e. The van der Waals surface area contributed by atoms with Gasteiger partial charge in [0.2, 0.25) is 0 Å². The third-order valence-electron chi connectivity index (χ3n) is 3.43. The summed E-state index contributed by atoms with van der Waals surface area (Å²) in [6.45, 7) is 6.71.